The largest absolute Gasteiger partial charge is 0.379 e. The molecule has 3 rings (SSSR count). The van der Waals surface area contributed by atoms with Crippen molar-refractivity contribution in [3.63, 3.8) is 0 Å². The third-order valence-corrected chi connectivity index (χ3v) is 5.42. The zero-order chi connectivity index (χ0) is 19.1. The minimum absolute atomic E-state index is 0.0180. The van der Waals surface area contributed by atoms with Gasteiger partial charge in [0.05, 0.1) is 23.0 Å². The number of carbonyl (C=O) groups excluding carboxylic acids is 1. The molecule has 0 atom stereocenters. The maximum absolute atomic E-state index is 12.9. The fraction of sp³-hybridized carbons (Fsp3) is 0.444. The highest BCUT2D eigenvalue weighted by atomic mass is 32.1. The van der Waals surface area contributed by atoms with Crippen molar-refractivity contribution >= 4 is 22.2 Å². The molecule has 9 heteroatoms. The average molecular weight is 390 g/mol. The molecule has 2 aromatic heterocycles. The van der Waals surface area contributed by atoms with Gasteiger partial charge in [-0.1, -0.05) is 11.3 Å². The lowest BCUT2D eigenvalue weighted by Crippen LogP contribution is -2.39. The Morgan fingerprint density at radius 1 is 1.26 bits per heavy atom. The minimum Gasteiger partial charge on any atom is -0.379 e. The molecular weight excluding hydrogens is 368 g/mol. The number of nitrogens with zero attached hydrogens (tertiary/aromatic N) is 4. The van der Waals surface area contributed by atoms with Gasteiger partial charge in [0.2, 0.25) is 0 Å². The first kappa shape index (κ1) is 19.4. The van der Waals surface area contributed by atoms with E-state index in [-0.39, 0.29) is 10.9 Å². The zero-order valence-electron chi connectivity index (χ0n) is 15.0. The third-order valence-electron chi connectivity index (χ3n) is 4.40. The smallest absolute Gasteiger partial charge is 0.324 e. The summed E-state index contributed by atoms with van der Waals surface area (Å²) in [7, 11) is 0. The molecule has 3 heterocycles. The van der Waals surface area contributed by atoms with Gasteiger partial charge in [-0.3, -0.25) is 24.8 Å². The molecule has 1 amide bonds. The first-order chi connectivity index (χ1) is 13.1. The Balaban J connectivity index is 1.66. The number of amides is 1. The minimum atomic E-state index is -0.465. The van der Waals surface area contributed by atoms with Crippen molar-refractivity contribution in [2.75, 3.05) is 39.4 Å². The van der Waals surface area contributed by atoms with Crippen molar-refractivity contribution in [3.05, 3.63) is 57.2 Å². The highest BCUT2D eigenvalue weighted by molar-refractivity contribution is 7.17. The molecule has 0 aromatic carbocycles. The van der Waals surface area contributed by atoms with Crippen LogP contribution in [0.4, 0.5) is 5.00 Å². The molecule has 8 nitrogen and oxygen atoms in total. The van der Waals surface area contributed by atoms with E-state index in [1.807, 2.05) is 12.1 Å². The number of ether oxygens (including phenoxy) is 1. The van der Waals surface area contributed by atoms with Crippen molar-refractivity contribution in [2.24, 2.45) is 0 Å². The Morgan fingerprint density at radius 3 is 2.67 bits per heavy atom. The number of carbonyl (C=O) groups is 1. The van der Waals surface area contributed by atoms with Crippen LogP contribution in [0.2, 0.25) is 0 Å². The number of rotatable bonds is 8. The van der Waals surface area contributed by atoms with Gasteiger partial charge in [-0.05, 0) is 30.2 Å². The summed E-state index contributed by atoms with van der Waals surface area (Å²) in [6, 6.07) is 6.67. The second-order valence-electron chi connectivity index (χ2n) is 6.28. The molecule has 0 bridgehead atoms. The Morgan fingerprint density at radius 2 is 2.00 bits per heavy atom. The summed E-state index contributed by atoms with van der Waals surface area (Å²) in [5.74, 6) is -0.174. The van der Waals surface area contributed by atoms with E-state index < -0.39 is 4.92 Å². The second-order valence-corrected chi connectivity index (χ2v) is 7.35. The molecule has 2 aromatic rings. The predicted octanol–water partition coefficient (Wildman–Crippen LogP) is 2.42. The van der Waals surface area contributed by atoms with Gasteiger partial charge in [0.1, 0.15) is 0 Å². The predicted molar refractivity (Wildman–Crippen MR) is 102 cm³/mol. The number of hydrogen-bond acceptors (Lipinski definition) is 7. The van der Waals surface area contributed by atoms with E-state index in [0.717, 1.165) is 56.2 Å². The number of morpholine rings is 1. The van der Waals surface area contributed by atoms with Crippen LogP contribution in [0.25, 0.3) is 0 Å². The second kappa shape index (κ2) is 9.54. The third kappa shape index (κ3) is 5.56. The van der Waals surface area contributed by atoms with E-state index in [9.17, 15) is 14.9 Å². The van der Waals surface area contributed by atoms with Crippen molar-refractivity contribution in [2.45, 2.75) is 13.0 Å². The highest BCUT2D eigenvalue weighted by Gasteiger charge is 2.21. The molecule has 1 aliphatic rings. The Hall–Kier alpha value is -2.36. The number of thiophene rings is 1. The van der Waals surface area contributed by atoms with Crippen LogP contribution in [-0.4, -0.2) is 65.0 Å². The molecule has 1 saturated heterocycles. The van der Waals surface area contributed by atoms with Crippen LogP contribution in [0.15, 0.2) is 36.7 Å². The van der Waals surface area contributed by atoms with Crippen LogP contribution in [0.5, 0.6) is 0 Å². The quantitative estimate of drug-likeness (QED) is 0.508. The van der Waals surface area contributed by atoms with Crippen LogP contribution >= 0.6 is 11.3 Å². The molecule has 0 spiro atoms. The topological polar surface area (TPSA) is 88.8 Å². The summed E-state index contributed by atoms with van der Waals surface area (Å²) in [6.45, 7) is 5.26. The zero-order valence-corrected chi connectivity index (χ0v) is 15.8. The fourth-order valence-electron chi connectivity index (χ4n) is 2.97. The maximum atomic E-state index is 12.9. The standard InChI is InChI=1S/C18H22N4O4S/c23-18(16-2-3-17(27-16)22(24)25)21(14-15-4-6-19-7-5-15)9-1-8-20-10-12-26-13-11-20/h2-7H,1,8-14H2. The summed E-state index contributed by atoms with van der Waals surface area (Å²) < 4.78 is 5.36. The maximum Gasteiger partial charge on any atom is 0.324 e. The Kier molecular flexibility index (Phi) is 6.86. The van der Waals surface area contributed by atoms with Crippen molar-refractivity contribution in [1.82, 2.24) is 14.8 Å². The van der Waals surface area contributed by atoms with Gasteiger partial charge < -0.3 is 9.64 Å². The van der Waals surface area contributed by atoms with E-state index in [1.165, 1.54) is 12.1 Å². The van der Waals surface area contributed by atoms with Crippen LogP contribution < -0.4 is 0 Å². The summed E-state index contributed by atoms with van der Waals surface area (Å²) in [5, 5.41) is 10.9. The average Bonchev–Trinajstić information content (AvgIpc) is 3.19. The molecule has 27 heavy (non-hydrogen) atoms. The molecule has 0 radical (unpaired) electrons. The van der Waals surface area contributed by atoms with Crippen molar-refractivity contribution in [1.29, 1.82) is 0 Å². The summed E-state index contributed by atoms with van der Waals surface area (Å²) in [6.07, 6.45) is 4.23. The lowest BCUT2D eigenvalue weighted by atomic mass is 10.2. The SMILES string of the molecule is O=C(c1ccc([N+](=O)[O-])s1)N(CCCN1CCOCC1)Cc1ccncc1. The number of aromatic nitrogens is 1. The Bertz CT molecular complexity index is 762. The van der Waals surface area contributed by atoms with Crippen molar-refractivity contribution in [3.8, 4) is 0 Å². The number of nitro groups is 1. The van der Waals surface area contributed by atoms with E-state index in [4.69, 9.17) is 4.74 Å². The summed E-state index contributed by atoms with van der Waals surface area (Å²) in [5.41, 5.74) is 0.982. The van der Waals surface area contributed by atoms with E-state index in [1.54, 1.807) is 17.3 Å². The lowest BCUT2D eigenvalue weighted by Gasteiger charge is -2.28. The molecule has 1 fully saturated rings. The van der Waals surface area contributed by atoms with E-state index >= 15 is 0 Å². The fourth-order valence-corrected chi connectivity index (χ4v) is 3.76. The van der Waals surface area contributed by atoms with Gasteiger partial charge in [0, 0.05) is 51.2 Å². The molecule has 0 saturated carbocycles. The Labute approximate surface area is 161 Å². The molecule has 1 aliphatic heterocycles. The normalized spacial score (nSPS) is 14.8. The lowest BCUT2D eigenvalue weighted by molar-refractivity contribution is -0.380. The molecular formula is C18H22N4O4S. The van der Waals surface area contributed by atoms with E-state index in [0.29, 0.717) is 18.0 Å². The van der Waals surface area contributed by atoms with Crippen LogP contribution in [0, 0.1) is 10.1 Å². The van der Waals surface area contributed by atoms with E-state index in [2.05, 4.69) is 9.88 Å². The highest BCUT2D eigenvalue weighted by Crippen LogP contribution is 2.25. The van der Waals surface area contributed by atoms with Crippen LogP contribution in [-0.2, 0) is 11.3 Å². The monoisotopic (exact) mass is 390 g/mol. The molecule has 144 valence electrons. The van der Waals surface area contributed by atoms with Crippen LogP contribution in [0.3, 0.4) is 0 Å². The van der Waals surface area contributed by atoms with Gasteiger partial charge >= 0.3 is 5.00 Å². The number of pyridine rings is 1. The van der Waals surface area contributed by atoms with Crippen molar-refractivity contribution < 1.29 is 14.5 Å². The molecule has 0 aliphatic carbocycles. The summed E-state index contributed by atoms with van der Waals surface area (Å²) >= 11 is 0.920. The van der Waals surface area contributed by atoms with Gasteiger partial charge in [-0.2, -0.15) is 0 Å². The molecule has 0 unspecified atom stereocenters. The molecule has 0 N–H and O–H groups in total. The van der Waals surface area contributed by atoms with Gasteiger partial charge in [0.25, 0.3) is 5.91 Å². The van der Waals surface area contributed by atoms with Gasteiger partial charge in [-0.25, -0.2) is 0 Å². The summed E-state index contributed by atoms with van der Waals surface area (Å²) in [4.78, 5) is 31.9. The number of hydrogen-bond donors (Lipinski definition) is 0. The first-order valence-corrected chi connectivity index (χ1v) is 9.67. The first-order valence-electron chi connectivity index (χ1n) is 8.86. The van der Waals surface area contributed by atoms with Crippen LogP contribution in [0.1, 0.15) is 21.7 Å². The van der Waals surface area contributed by atoms with Gasteiger partial charge in [-0.15, -0.1) is 0 Å². The van der Waals surface area contributed by atoms with Gasteiger partial charge in [0.15, 0.2) is 0 Å².